The van der Waals surface area contributed by atoms with Gasteiger partial charge in [-0.1, -0.05) is 36.4 Å². The zero-order valence-electron chi connectivity index (χ0n) is 14.7. The summed E-state index contributed by atoms with van der Waals surface area (Å²) < 4.78 is 4.38. The maximum Gasteiger partial charge on any atom is 0.347 e. The van der Waals surface area contributed by atoms with Gasteiger partial charge in [-0.05, 0) is 48.3 Å². The van der Waals surface area contributed by atoms with Crippen molar-refractivity contribution in [2.24, 2.45) is 0 Å². The highest BCUT2D eigenvalue weighted by Gasteiger charge is 2.64. The van der Waals surface area contributed by atoms with Gasteiger partial charge in [0.05, 0.1) is 20.6 Å². The van der Waals surface area contributed by atoms with Gasteiger partial charge in [0, 0.05) is 9.79 Å². The fraction of sp³-hybridized carbons (Fsp3) is 0.182. The van der Waals surface area contributed by atoms with Crippen molar-refractivity contribution >= 4 is 46.6 Å². The van der Waals surface area contributed by atoms with Gasteiger partial charge in [0.1, 0.15) is 0 Å². The lowest BCUT2D eigenvalue weighted by molar-refractivity contribution is -0.149. The first-order chi connectivity index (χ1) is 13.0. The molecule has 0 radical (unpaired) electrons. The van der Waals surface area contributed by atoms with Crippen LogP contribution in [0.5, 0.6) is 0 Å². The van der Waals surface area contributed by atoms with Crippen molar-refractivity contribution in [1.82, 2.24) is 0 Å². The molecule has 2 atom stereocenters. The maximum absolute atomic E-state index is 12.8. The van der Waals surface area contributed by atoms with Crippen LogP contribution in [0.15, 0.2) is 69.5 Å². The summed E-state index contributed by atoms with van der Waals surface area (Å²) in [6.45, 7) is 4.40. The summed E-state index contributed by atoms with van der Waals surface area (Å²) >= 11 is 3.58. The van der Waals surface area contributed by atoms with E-state index < -0.39 is 11.9 Å². The molecule has 0 amide bonds. The zero-order valence-corrected chi connectivity index (χ0v) is 16.3. The van der Waals surface area contributed by atoms with Crippen molar-refractivity contribution in [3.05, 3.63) is 70.8 Å². The minimum absolute atomic E-state index is 0.377. The number of carbonyl (C=O) groups is 2. The number of hydrogen-bond acceptors (Lipinski definition) is 5. The second-order valence-corrected chi connectivity index (χ2v) is 10.4. The van der Waals surface area contributed by atoms with Crippen LogP contribution in [-0.4, -0.2) is 21.4 Å². The molecule has 2 aromatic carbocycles. The second kappa shape index (κ2) is 4.78. The van der Waals surface area contributed by atoms with E-state index in [1.807, 2.05) is 36.4 Å². The third-order valence-electron chi connectivity index (χ3n) is 6.15. The Kier molecular flexibility index (Phi) is 2.79. The largest absolute Gasteiger partial charge is 0.386 e. The van der Waals surface area contributed by atoms with Gasteiger partial charge in [-0.2, -0.15) is 0 Å². The van der Waals surface area contributed by atoms with Crippen LogP contribution >= 0.6 is 23.5 Å². The highest BCUT2D eigenvalue weighted by molar-refractivity contribution is 8.06. The fourth-order valence-electron chi connectivity index (χ4n) is 4.84. The number of hydrogen-bond donors (Lipinski definition) is 0. The Bertz CT molecular complexity index is 1080. The predicted octanol–water partition coefficient (Wildman–Crippen LogP) is 4.72. The van der Waals surface area contributed by atoms with E-state index in [9.17, 15) is 9.59 Å². The van der Waals surface area contributed by atoms with Gasteiger partial charge in [-0.15, -0.1) is 23.5 Å². The molecule has 3 nitrogen and oxygen atoms in total. The average Bonchev–Trinajstić information content (AvgIpc) is 3.22. The molecule has 0 unspecified atom stereocenters. The van der Waals surface area contributed by atoms with Crippen molar-refractivity contribution in [3.63, 3.8) is 0 Å². The van der Waals surface area contributed by atoms with Gasteiger partial charge in [-0.3, -0.25) is 0 Å². The third-order valence-corrected chi connectivity index (χ3v) is 9.47. The SMILES string of the molecule is C[C@@]12Sc3ccccc3C1=C1C(=O)OC(=O)C1=C1c3ccccc3S[C@]12C. The normalized spacial score (nSPS) is 30.0. The monoisotopic (exact) mass is 390 g/mol. The summed E-state index contributed by atoms with van der Waals surface area (Å²) in [6.07, 6.45) is 0. The number of thioether (sulfide) groups is 2. The lowest BCUT2D eigenvalue weighted by Gasteiger charge is -2.45. The van der Waals surface area contributed by atoms with Crippen LogP contribution in [0.25, 0.3) is 11.1 Å². The van der Waals surface area contributed by atoms with Crippen LogP contribution in [0.2, 0.25) is 0 Å². The van der Waals surface area contributed by atoms with E-state index >= 15 is 0 Å². The van der Waals surface area contributed by atoms with Crippen LogP contribution in [0.4, 0.5) is 0 Å². The molecule has 5 heteroatoms. The number of ether oxygens (including phenoxy) is 1. The molecule has 0 aromatic heterocycles. The minimum Gasteiger partial charge on any atom is -0.386 e. The summed E-state index contributed by atoms with van der Waals surface area (Å²) in [7, 11) is 0. The average molecular weight is 390 g/mol. The van der Waals surface area contributed by atoms with E-state index in [-0.39, 0.29) is 9.49 Å². The molecule has 1 saturated heterocycles. The molecule has 3 aliphatic heterocycles. The molecule has 1 fully saturated rings. The maximum atomic E-state index is 12.8. The molecule has 4 aliphatic rings. The molecular formula is C22H14O3S2. The standard InChI is InChI=1S/C22H14O3S2/c1-21-17(11-7-3-5-9-13(11)26-21)15-16(20(24)25-19(15)23)18-12-8-4-6-10-14(12)27-22(18,21)2/h3-10H,1-2H3/t21-,22-/m1/s1. The van der Waals surface area contributed by atoms with E-state index in [0.29, 0.717) is 11.1 Å². The lowest BCUT2D eigenvalue weighted by atomic mass is 9.69. The van der Waals surface area contributed by atoms with Crippen molar-refractivity contribution in [1.29, 1.82) is 0 Å². The van der Waals surface area contributed by atoms with Gasteiger partial charge >= 0.3 is 11.9 Å². The molecule has 132 valence electrons. The van der Waals surface area contributed by atoms with E-state index in [2.05, 4.69) is 26.0 Å². The Morgan fingerprint density at radius 3 is 1.56 bits per heavy atom. The van der Waals surface area contributed by atoms with E-state index in [0.717, 1.165) is 32.1 Å². The Morgan fingerprint density at radius 2 is 1.11 bits per heavy atom. The predicted molar refractivity (Wildman–Crippen MR) is 106 cm³/mol. The van der Waals surface area contributed by atoms with Crippen LogP contribution < -0.4 is 0 Å². The molecule has 1 aliphatic carbocycles. The summed E-state index contributed by atoms with van der Waals surface area (Å²) in [6, 6.07) is 16.3. The first kappa shape index (κ1) is 15.8. The minimum atomic E-state index is -0.516. The number of rotatable bonds is 0. The third kappa shape index (κ3) is 1.64. The Balaban J connectivity index is 1.80. The molecule has 0 bridgehead atoms. The molecule has 3 heterocycles. The number of esters is 2. The molecular weight excluding hydrogens is 376 g/mol. The van der Waals surface area contributed by atoms with Crippen LogP contribution in [0.1, 0.15) is 25.0 Å². The molecule has 0 N–H and O–H groups in total. The van der Waals surface area contributed by atoms with Gasteiger partial charge < -0.3 is 4.74 Å². The van der Waals surface area contributed by atoms with Gasteiger partial charge in [0.25, 0.3) is 0 Å². The van der Waals surface area contributed by atoms with Gasteiger partial charge in [0.15, 0.2) is 0 Å². The summed E-state index contributed by atoms with van der Waals surface area (Å²) in [5, 5.41) is 0. The number of fused-ring (bicyclic) bond motifs is 8. The van der Waals surface area contributed by atoms with Crippen LogP contribution in [0.3, 0.4) is 0 Å². The Morgan fingerprint density at radius 1 is 0.704 bits per heavy atom. The topological polar surface area (TPSA) is 43.4 Å². The molecule has 6 rings (SSSR count). The first-order valence-electron chi connectivity index (χ1n) is 8.79. The number of benzene rings is 2. The highest BCUT2D eigenvalue weighted by atomic mass is 32.2. The van der Waals surface area contributed by atoms with Crippen LogP contribution in [0, 0.1) is 0 Å². The van der Waals surface area contributed by atoms with Gasteiger partial charge in [0.2, 0.25) is 0 Å². The van der Waals surface area contributed by atoms with E-state index in [1.165, 1.54) is 0 Å². The summed E-state index contributed by atoms with van der Waals surface area (Å²) in [5.41, 5.74) is 4.90. The van der Waals surface area contributed by atoms with Crippen molar-refractivity contribution in [2.75, 3.05) is 0 Å². The van der Waals surface area contributed by atoms with E-state index in [4.69, 9.17) is 4.74 Å². The van der Waals surface area contributed by atoms with Crippen molar-refractivity contribution < 1.29 is 14.3 Å². The van der Waals surface area contributed by atoms with E-state index in [1.54, 1.807) is 23.5 Å². The van der Waals surface area contributed by atoms with Crippen LogP contribution in [-0.2, 0) is 14.3 Å². The molecule has 27 heavy (non-hydrogen) atoms. The Labute approximate surface area is 164 Å². The smallest absolute Gasteiger partial charge is 0.347 e. The summed E-state index contributed by atoms with van der Waals surface area (Å²) in [5.74, 6) is -1.03. The second-order valence-electron chi connectivity index (χ2n) is 7.44. The van der Waals surface area contributed by atoms with Crippen molar-refractivity contribution in [3.8, 4) is 0 Å². The van der Waals surface area contributed by atoms with Gasteiger partial charge in [-0.25, -0.2) is 9.59 Å². The summed E-state index contributed by atoms with van der Waals surface area (Å²) in [4.78, 5) is 27.8. The number of cyclic esters (lactones) is 2. The first-order valence-corrected chi connectivity index (χ1v) is 10.4. The highest BCUT2D eigenvalue weighted by Crippen LogP contribution is 2.72. The fourth-order valence-corrected chi connectivity index (χ4v) is 8.05. The number of carbonyl (C=O) groups excluding carboxylic acids is 2. The quantitative estimate of drug-likeness (QED) is 0.481. The molecule has 0 spiro atoms. The molecule has 0 saturated carbocycles. The zero-order chi connectivity index (χ0) is 18.6. The lowest BCUT2D eigenvalue weighted by Crippen LogP contribution is -2.46. The van der Waals surface area contributed by atoms with Crippen molar-refractivity contribution in [2.45, 2.75) is 33.1 Å². The molecule has 2 aromatic rings. The Hall–Kier alpha value is -2.24.